The topological polar surface area (TPSA) is 110 Å². The van der Waals surface area contributed by atoms with Crippen LogP contribution >= 0.6 is 0 Å². The summed E-state index contributed by atoms with van der Waals surface area (Å²) in [6.45, 7) is -0.0172. The number of carbonyl (C=O) groups is 2. The molecule has 0 fully saturated rings. The number of carboxylic acid groups (broad SMARTS) is 1. The molecule has 0 spiro atoms. The van der Waals surface area contributed by atoms with E-state index in [9.17, 15) is 18.0 Å². The number of ether oxygens (including phenoxy) is 1. The minimum Gasteiger partial charge on any atom is -0.479 e. The third-order valence-corrected chi connectivity index (χ3v) is 4.13. The molecule has 1 rings (SSSR count). The number of aliphatic carboxylic acids is 1. The van der Waals surface area contributed by atoms with Gasteiger partial charge in [-0.3, -0.25) is 4.79 Å². The zero-order valence-corrected chi connectivity index (χ0v) is 12.3. The minimum atomic E-state index is -3.63. The van der Waals surface area contributed by atoms with E-state index in [1.807, 2.05) is 0 Å². The van der Waals surface area contributed by atoms with Gasteiger partial charge in [0.2, 0.25) is 5.91 Å². The Hall–Kier alpha value is -1.93. The number of carbonyl (C=O) groups excluding carboxylic acids is 1. The highest BCUT2D eigenvalue weighted by Crippen LogP contribution is 2.12. The Morgan fingerprint density at radius 2 is 1.90 bits per heavy atom. The molecule has 7 nitrogen and oxygen atoms in total. The molecule has 0 saturated heterocycles. The van der Waals surface area contributed by atoms with Crippen molar-refractivity contribution in [2.45, 2.75) is 6.04 Å². The fourth-order valence-corrected chi connectivity index (χ4v) is 2.67. The summed E-state index contributed by atoms with van der Waals surface area (Å²) in [7, 11) is -2.27. The average molecular weight is 315 g/mol. The molecule has 0 bridgehead atoms. The molecule has 1 amide bonds. The second-order valence-electron chi connectivity index (χ2n) is 4.33. The van der Waals surface area contributed by atoms with Crippen molar-refractivity contribution >= 4 is 21.7 Å². The second-order valence-corrected chi connectivity index (χ2v) is 6.52. The van der Waals surface area contributed by atoms with Gasteiger partial charge in [0.05, 0.1) is 12.4 Å². The van der Waals surface area contributed by atoms with E-state index in [0.29, 0.717) is 5.56 Å². The lowest BCUT2D eigenvalue weighted by molar-refractivity contribution is -0.141. The van der Waals surface area contributed by atoms with Gasteiger partial charge in [-0.05, 0) is 5.56 Å². The molecule has 0 aliphatic heterocycles. The summed E-state index contributed by atoms with van der Waals surface area (Å²) in [5.41, 5.74) is 0.368. The van der Waals surface area contributed by atoms with E-state index in [0.717, 1.165) is 0 Å². The van der Waals surface area contributed by atoms with Crippen LogP contribution in [0.2, 0.25) is 0 Å². The zero-order valence-electron chi connectivity index (χ0n) is 11.5. The molecule has 0 aliphatic carbocycles. The third kappa shape index (κ3) is 5.92. The number of rotatable bonds is 8. The van der Waals surface area contributed by atoms with Crippen LogP contribution in [0.15, 0.2) is 30.3 Å². The van der Waals surface area contributed by atoms with E-state index in [1.165, 1.54) is 7.11 Å². The monoisotopic (exact) mass is 315 g/mol. The molecule has 1 atom stereocenters. The van der Waals surface area contributed by atoms with Crippen molar-refractivity contribution < 1.29 is 27.9 Å². The molecule has 0 unspecified atom stereocenters. The van der Waals surface area contributed by atoms with Crippen molar-refractivity contribution in [1.29, 1.82) is 0 Å². The van der Waals surface area contributed by atoms with Gasteiger partial charge in [-0.1, -0.05) is 30.3 Å². The van der Waals surface area contributed by atoms with Crippen molar-refractivity contribution in [1.82, 2.24) is 5.32 Å². The minimum absolute atomic E-state index is 0.0172. The number of hydrogen-bond donors (Lipinski definition) is 2. The Balaban J connectivity index is 2.73. The standard InChI is InChI=1S/C13H17NO6S/c1-20-7-8-21(18,19)9-11(15)14-12(13(16)17)10-5-3-2-4-6-10/h2-6,12H,7-9H2,1H3,(H,14,15)(H,16,17)/t12-/m1/s1. The Labute approximate surface area is 122 Å². The molecule has 8 heteroatoms. The molecule has 21 heavy (non-hydrogen) atoms. The van der Waals surface area contributed by atoms with Crippen molar-refractivity contribution in [3.05, 3.63) is 35.9 Å². The van der Waals surface area contributed by atoms with Crippen LogP contribution in [0.25, 0.3) is 0 Å². The fraction of sp³-hybridized carbons (Fsp3) is 0.385. The number of carboxylic acids is 1. The second kappa shape index (κ2) is 7.75. The molecule has 1 aromatic carbocycles. The normalized spacial score (nSPS) is 12.6. The first-order valence-corrected chi connectivity index (χ1v) is 7.94. The van der Waals surface area contributed by atoms with E-state index < -0.39 is 33.5 Å². The van der Waals surface area contributed by atoms with E-state index in [1.54, 1.807) is 30.3 Å². The lowest BCUT2D eigenvalue weighted by Gasteiger charge is -2.14. The SMILES string of the molecule is COCCS(=O)(=O)CC(=O)N[C@@H](C(=O)O)c1ccccc1. The number of benzene rings is 1. The van der Waals surface area contributed by atoms with Crippen molar-refractivity contribution in [3.63, 3.8) is 0 Å². The molecular formula is C13H17NO6S. The van der Waals surface area contributed by atoms with Crippen LogP contribution in [0, 0.1) is 0 Å². The number of sulfone groups is 1. The van der Waals surface area contributed by atoms with Crippen LogP contribution in [0.3, 0.4) is 0 Å². The summed E-state index contributed by atoms with van der Waals surface area (Å²) in [5.74, 6) is -3.18. The van der Waals surface area contributed by atoms with E-state index in [2.05, 4.69) is 10.1 Å². The van der Waals surface area contributed by atoms with Gasteiger partial charge in [0.25, 0.3) is 0 Å². The quantitative estimate of drug-likeness (QED) is 0.698. The van der Waals surface area contributed by atoms with Crippen LogP contribution in [0.5, 0.6) is 0 Å². The molecule has 0 aliphatic rings. The van der Waals surface area contributed by atoms with Gasteiger partial charge in [-0.2, -0.15) is 0 Å². The van der Waals surface area contributed by atoms with E-state index in [4.69, 9.17) is 5.11 Å². The summed E-state index contributed by atoms with van der Waals surface area (Å²) in [4.78, 5) is 22.9. The molecule has 116 valence electrons. The molecule has 0 radical (unpaired) electrons. The maximum atomic E-state index is 11.7. The highest BCUT2D eigenvalue weighted by atomic mass is 32.2. The van der Waals surface area contributed by atoms with Crippen LogP contribution < -0.4 is 5.32 Å². The lowest BCUT2D eigenvalue weighted by Crippen LogP contribution is -2.38. The van der Waals surface area contributed by atoms with Gasteiger partial charge in [-0.25, -0.2) is 13.2 Å². The Bertz CT molecular complexity index is 584. The van der Waals surface area contributed by atoms with Gasteiger partial charge in [0, 0.05) is 7.11 Å². The average Bonchev–Trinajstić information content (AvgIpc) is 2.43. The van der Waals surface area contributed by atoms with Crippen LogP contribution in [0.4, 0.5) is 0 Å². The van der Waals surface area contributed by atoms with Gasteiger partial charge >= 0.3 is 5.97 Å². The summed E-state index contributed by atoms with van der Waals surface area (Å²) >= 11 is 0. The van der Waals surface area contributed by atoms with Crippen molar-refractivity contribution in [3.8, 4) is 0 Å². The first kappa shape index (κ1) is 17.1. The highest BCUT2D eigenvalue weighted by Gasteiger charge is 2.24. The number of methoxy groups -OCH3 is 1. The largest absolute Gasteiger partial charge is 0.479 e. The van der Waals surface area contributed by atoms with E-state index >= 15 is 0 Å². The van der Waals surface area contributed by atoms with Crippen LogP contribution in [-0.4, -0.2) is 50.6 Å². The summed E-state index contributed by atoms with van der Waals surface area (Å²) in [6.07, 6.45) is 0. The van der Waals surface area contributed by atoms with Gasteiger partial charge in [0.15, 0.2) is 15.9 Å². The molecular weight excluding hydrogens is 298 g/mol. The Morgan fingerprint density at radius 3 is 2.43 bits per heavy atom. The lowest BCUT2D eigenvalue weighted by atomic mass is 10.1. The summed E-state index contributed by atoms with van der Waals surface area (Å²) in [5, 5.41) is 11.3. The van der Waals surface area contributed by atoms with Crippen molar-refractivity contribution in [2.24, 2.45) is 0 Å². The zero-order chi connectivity index (χ0) is 15.9. The first-order chi connectivity index (χ1) is 9.85. The molecule has 2 N–H and O–H groups in total. The molecule has 0 aromatic heterocycles. The molecule has 0 heterocycles. The predicted octanol–water partition coefficient (Wildman–Crippen LogP) is -0.0103. The first-order valence-electron chi connectivity index (χ1n) is 6.12. The Morgan fingerprint density at radius 1 is 1.29 bits per heavy atom. The highest BCUT2D eigenvalue weighted by molar-refractivity contribution is 7.92. The maximum absolute atomic E-state index is 11.7. The number of hydrogen-bond acceptors (Lipinski definition) is 5. The smallest absolute Gasteiger partial charge is 0.330 e. The molecule has 0 saturated carbocycles. The van der Waals surface area contributed by atoms with Gasteiger partial charge in [0.1, 0.15) is 5.75 Å². The Kier molecular flexibility index (Phi) is 6.32. The van der Waals surface area contributed by atoms with E-state index in [-0.39, 0.29) is 12.4 Å². The summed E-state index contributed by atoms with van der Waals surface area (Å²) < 4.78 is 27.8. The number of amides is 1. The van der Waals surface area contributed by atoms with Gasteiger partial charge in [-0.15, -0.1) is 0 Å². The van der Waals surface area contributed by atoms with Crippen LogP contribution in [0.1, 0.15) is 11.6 Å². The maximum Gasteiger partial charge on any atom is 0.330 e. The predicted molar refractivity (Wildman–Crippen MR) is 75.5 cm³/mol. The fourth-order valence-electron chi connectivity index (χ4n) is 1.62. The summed E-state index contributed by atoms with van der Waals surface area (Å²) in [6, 6.07) is 6.77. The third-order valence-electron chi connectivity index (χ3n) is 2.63. The molecule has 1 aromatic rings. The number of nitrogens with one attached hydrogen (secondary N) is 1. The van der Waals surface area contributed by atoms with Crippen molar-refractivity contribution in [2.75, 3.05) is 25.2 Å². The van der Waals surface area contributed by atoms with Crippen LogP contribution in [-0.2, 0) is 24.2 Å². The van der Waals surface area contributed by atoms with Gasteiger partial charge < -0.3 is 15.2 Å².